The average molecular weight is 140 g/mol. The predicted molar refractivity (Wildman–Crippen MR) is 39.6 cm³/mol. The smallest absolute Gasteiger partial charge is 0.132 e. The van der Waals surface area contributed by atoms with Crippen molar-refractivity contribution in [2.24, 2.45) is 0 Å². The zero-order valence-electron chi connectivity index (χ0n) is 6.33. The maximum absolute atomic E-state index is 5.11. The van der Waals surface area contributed by atoms with Gasteiger partial charge in [0.1, 0.15) is 11.9 Å². The molecule has 0 fully saturated rings. The minimum Gasteiger partial charge on any atom is -0.498 e. The van der Waals surface area contributed by atoms with Crippen LogP contribution >= 0.6 is 0 Å². The van der Waals surface area contributed by atoms with E-state index in [-0.39, 0.29) is 6.10 Å². The third-order valence-electron chi connectivity index (χ3n) is 1.54. The van der Waals surface area contributed by atoms with Gasteiger partial charge >= 0.3 is 0 Å². The van der Waals surface area contributed by atoms with Crippen LogP contribution in [0.2, 0.25) is 0 Å². The van der Waals surface area contributed by atoms with Crippen molar-refractivity contribution in [2.45, 2.75) is 12.5 Å². The van der Waals surface area contributed by atoms with E-state index in [1.807, 2.05) is 12.2 Å². The Hall–Kier alpha value is -0.760. The van der Waals surface area contributed by atoms with Crippen LogP contribution in [0.1, 0.15) is 6.42 Å². The zero-order valence-corrected chi connectivity index (χ0v) is 6.33. The van der Waals surface area contributed by atoms with Gasteiger partial charge in [-0.3, -0.25) is 0 Å². The summed E-state index contributed by atoms with van der Waals surface area (Å²) in [5, 5.41) is 0. The lowest BCUT2D eigenvalue weighted by molar-refractivity contribution is 0.108. The summed E-state index contributed by atoms with van der Waals surface area (Å²) in [6.07, 6.45) is 7.06. The lowest BCUT2D eigenvalue weighted by atomic mass is 10.1. The first-order valence-corrected chi connectivity index (χ1v) is 3.32. The Kier molecular flexibility index (Phi) is 2.51. The quantitative estimate of drug-likeness (QED) is 0.541. The molecule has 0 N–H and O–H groups in total. The van der Waals surface area contributed by atoms with Crippen LogP contribution in [-0.2, 0) is 9.47 Å². The van der Waals surface area contributed by atoms with E-state index < -0.39 is 0 Å². The van der Waals surface area contributed by atoms with E-state index >= 15 is 0 Å². The molecular formula is C8H12O2. The second-order valence-electron chi connectivity index (χ2n) is 2.13. The van der Waals surface area contributed by atoms with Crippen LogP contribution in [0.3, 0.4) is 0 Å². The van der Waals surface area contributed by atoms with Gasteiger partial charge in [-0.25, -0.2) is 0 Å². The first-order chi connectivity index (χ1) is 4.88. The van der Waals surface area contributed by atoms with Crippen molar-refractivity contribution in [3.63, 3.8) is 0 Å². The van der Waals surface area contributed by atoms with E-state index in [1.165, 1.54) is 0 Å². The number of hydrogen-bond donors (Lipinski definition) is 0. The van der Waals surface area contributed by atoms with Gasteiger partial charge in [-0.15, -0.1) is 0 Å². The minimum absolute atomic E-state index is 0.0266. The summed E-state index contributed by atoms with van der Waals surface area (Å²) in [6.45, 7) is 0. The van der Waals surface area contributed by atoms with Crippen LogP contribution in [0.25, 0.3) is 0 Å². The van der Waals surface area contributed by atoms with Gasteiger partial charge in [-0.2, -0.15) is 0 Å². The average Bonchev–Trinajstić information content (AvgIpc) is 2.04. The van der Waals surface area contributed by atoms with Crippen molar-refractivity contribution >= 4 is 0 Å². The van der Waals surface area contributed by atoms with Crippen LogP contribution in [0, 0.1) is 0 Å². The molecule has 1 aliphatic rings. The van der Waals surface area contributed by atoms with Crippen LogP contribution in [0.5, 0.6) is 0 Å². The highest BCUT2D eigenvalue weighted by Crippen LogP contribution is 2.14. The fraction of sp³-hybridized carbons (Fsp3) is 0.500. The highest BCUT2D eigenvalue weighted by molar-refractivity contribution is 5.16. The largest absolute Gasteiger partial charge is 0.498 e. The van der Waals surface area contributed by atoms with Crippen LogP contribution in [-0.4, -0.2) is 20.3 Å². The number of hydrogen-bond acceptors (Lipinski definition) is 2. The van der Waals surface area contributed by atoms with Crippen LogP contribution < -0.4 is 0 Å². The lowest BCUT2D eigenvalue weighted by Crippen LogP contribution is -2.13. The fourth-order valence-electron chi connectivity index (χ4n) is 0.992. The molecule has 0 spiro atoms. The summed E-state index contributed by atoms with van der Waals surface area (Å²) in [5.41, 5.74) is 0. The normalized spacial score (nSPS) is 24.2. The summed E-state index contributed by atoms with van der Waals surface area (Å²) < 4.78 is 10.2. The van der Waals surface area contributed by atoms with Crippen molar-refractivity contribution in [2.75, 3.05) is 14.2 Å². The van der Waals surface area contributed by atoms with Crippen molar-refractivity contribution in [3.8, 4) is 0 Å². The summed E-state index contributed by atoms with van der Waals surface area (Å²) >= 11 is 0. The molecule has 0 amide bonds. The van der Waals surface area contributed by atoms with Gasteiger partial charge < -0.3 is 9.47 Å². The minimum atomic E-state index is 0.0266. The third-order valence-corrected chi connectivity index (χ3v) is 1.54. The van der Waals surface area contributed by atoms with Gasteiger partial charge in [-0.05, 0) is 12.5 Å². The van der Waals surface area contributed by atoms with E-state index in [9.17, 15) is 0 Å². The van der Waals surface area contributed by atoms with E-state index in [2.05, 4.69) is 6.08 Å². The van der Waals surface area contributed by atoms with Crippen molar-refractivity contribution < 1.29 is 9.47 Å². The molecule has 2 nitrogen and oxygen atoms in total. The molecule has 0 saturated carbocycles. The third kappa shape index (κ3) is 1.39. The van der Waals surface area contributed by atoms with Crippen molar-refractivity contribution in [3.05, 3.63) is 24.0 Å². The maximum atomic E-state index is 5.11. The Morgan fingerprint density at radius 3 is 2.80 bits per heavy atom. The summed E-state index contributed by atoms with van der Waals surface area (Å²) in [6, 6.07) is 0. The molecule has 2 heteroatoms. The molecule has 56 valence electrons. The lowest BCUT2D eigenvalue weighted by Gasteiger charge is -2.16. The van der Waals surface area contributed by atoms with E-state index in [4.69, 9.17) is 9.47 Å². The maximum Gasteiger partial charge on any atom is 0.132 e. The molecule has 10 heavy (non-hydrogen) atoms. The Balaban J connectivity index is 2.59. The van der Waals surface area contributed by atoms with Gasteiger partial charge in [0.2, 0.25) is 0 Å². The predicted octanol–water partition coefficient (Wildman–Crippen LogP) is 1.49. The van der Waals surface area contributed by atoms with Gasteiger partial charge in [0.05, 0.1) is 7.11 Å². The second-order valence-corrected chi connectivity index (χ2v) is 2.13. The van der Waals surface area contributed by atoms with E-state index in [0.29, 0.717) is 0 Å². The second kappa shape index (κ2) is 3.42. The molecule has 0 aromatic rings. The highest BCUT2D eigenvalue weighted by atomic mass is 16.5. The van der Waals surface area contributed by atoms with E-state index in [0.717, 1.165) is 12.2 Å². The summed E-state index contributed by atoms with van der Waals surface area (Å²) in [5.74, 6) is 0.907. The fourth-order valence-corrected chi connectivity index (χ4v) is 0.992. The molecule has 1 aliphatic carbocycles. The Morgan fingerprint density at radius 1 is 1.50 bits per heavy atom. The monoisotopic (exact) mass is 140 g/mol. The highest BCUT2D eigenvalue weighted by Gasteiger charge is 2.11. The molecule has 0 bridgehead atoms. The first kappa shape index (κ1) is 7.35. The Bertz CT molecular complexity index is 159. The molecule has 0 saturated heterocycles. The van der Waals surface area contributed by atoms with Crippen molar-refractivity contribution in [1.29, 1.82) is 0 Å². The summed E-state index contributed by atoms with van der Waals surface area (Å²) in [4.78, 5) is 0. The summed E-state index contributed by atoms with van der Waals surface area (Å²) in [7, 11) is 3.34. The molecule has 0 heterocycles. The molecule has 0 aliphatic heterocycles. The molecule has 0 radical (unpaired) electrons. The SMILES string of the molecule is COC1=CCC=CC1OC. The Morgan fingerprint density at radius 2 is 2.30 bits per heavy atom. The van der Waals surface area contributed by atoms with Gasteiger partial charge in [0.15, 0.2) is 0 Å². The van der Waals surface area contributed by atoms with Crippen molar-refractivity contribution in [1.82, 2.24) is 0 Å². The van der Waals surface area contributed by atoms with E-state index in [1.54, 1.807) is 14.2 Å². The zero-order chi connectivity index (χ0) is 7.40. The molecule has 1 unspecified atom stereocenters. The van der Waals surface area contributed by atoms with Gasteiger partial charge in [0, 0.05) is 7.11 Å². The molecule has 1 rings (SSSR count). The number of ether oxygens (including phenoxy) is 2. The molecular weight excluding hydrogens is 128 g/mol. The number of methoxy groups -OCH3 is 2. The standard InChI is InChI=1S/C8H12O2/c1-9-7-5-3-4-6-8(7)10-2/h3,5-7H,4H2,1-2H3. The van der Waals surface area contributed by atoms with Gasteiger partial charge in [0.25, 0.3) is 0 Å². The van der Waals surface area contributed by atoms with Crippen LogP contribution in [0.15, 0.2) is 24.0 Å². The first-order valence-electron chi connectivity index (χ1n) is 3.32. The Labute approximate surface area is 61.1 Å². The topological polar surface area (TPSA) is 18.5 Å². The number of allylic oxidation sites excluding steroid dienone is 2. The van der Waals surface area contributed by atoms with Crippen LogP contribution in [0.4, 0.5) is 0 Å². The molecule has 0 aromatic heterocycles. The number of rotatable bonds is 2. The van der Waals surface area contributed by atoms with Gasteiger partial charge in [-0.1, -0.05) is 12.2 Å². The molecule has 0 aromatic carbocycles. The molecule has 1 atom stereocenters.